The molecule has 1 aromatic carbocycles. The Bertz CT molecular complexity index is 598. The lowest BCUT2D eigenvalue weighted by atomic mass is 10.2. The first-order valence-electron chi connectivity index (χ1n) is 6.17. The van der Waals surface area contributed by atoms with Crippen LogP contribution in [0.2, 0.25) is 0 Å². The molecule has 0 aliphatic rings. The van der Waals surface area contributed by atoms with Crippen molar-refractivity contribution in [3.63, 3.8) is 0 Å². The highest BCUT2D eigenvalue weighted by Crippen LogP contribution is 2.20. The largest absolute Gasteiger partial charge is 0.378 e. The molecule has 0 saturated carbocycles. The summed E-state index contributed by atoms with van der Waals surface area (Å²) in [5.41, 5.74) is 2.60. The molecule has 0 aliphatic heterocycles. The van der Waals surface area contributed by atoms with Crippen LogP contribution in [0.4, 0.5) is 5.69 Å². The van der Waals surface area contributed by atoms with E-state index >= 15 is 0 Å². The summed E-state index contributed by atoms with van der Waals surface area (Å²) < 4.78 is 3.03. The summed E-state index contributed by atoms with van der Waals surface area (Å²) in [7, 11) is 0. The third kappa shape index (κ3) is 3.36. The number of aryl methyl sites for hydroxylation is 1. The number of hydrogen-bond donors (Lipinski definition) is 1. The van der Waals surface area contributed by atoms with Crippen LogP contribution in [0.3, 0.4) is 0 Å². The van der Waals surface area contributed by atoms with Crippen LogP contribution < -0.4 is 5.32 Å². The molecule has 2 aromatic rings. The maximum Gasteiger partial charge on any atom is 0.101 e. The maximum atomic E-state index is 9.11. The molecule has 1 aromatic heterocycles. The minimum Gasteiger partial charge on any atom is -0.378 e. The van der Waals surface area contributed by atoms with Gasteiger partial charge in [-0.3, -0.25) is 0 Å². The number of hydrogen-bond acceptors (Lipinski definition) is 3. The molecule has 0 spiro atoms. The minimum absolute atomic E-state index is 0.635. The van der Waals surface area contributed by atoms with Crippen molar-refractivity contribution in [1.82, 2.24) is 9.55 Å². The second kappa shape index (κ2) is 6.39. The van der Waals surface area contributed by atoms with Gasteiger partial charge in [-0.25, -0.2) is 4.98 Å². The Morgan fingerprint density at radius 3 is 3.05 bits per heavy atom. The first-order valence-corrected chi connectivity index (χ1v) is 6.96. The predicted octanol–water partition coefficient (Wildman–Crippen LogP) is 3.54. The van der Waals surface area contributed by atoms with Crippen molar-refractivity contribution in [2.75, 3.05) is 5.32 Å². The van der Waals surface area contributed by atoms with E-state index in [2.05, 4.69) is 43.8 Å². The fourth-order valence-electron chi connectivity index (χ4n) is 1.89. The number of benzene rings is 1. The molecule has 19 heavy (non-hydrogen) atoms. The number of imidazole rings is 1. The van der Waals surface area contributed by atoms with Crippen LogP contribution in [0.5, 0.6) is 0 Å². The topological polar surface area (TPSA) is 53.6 Å². The number of nitrogens with one attached hydrogen (secondary N) is 1. The molecule has 0 radical (unpaired) electrons. The predicted molar refractivity (Wildman–Crippen MR) is 78.7 cm³/mol. The Kier molecular flexibility index (Phi) is 4.58. The van der Waals surface area contributed by atoms with E-state index in [0.717, 1.165) is 28.8 Å². The molecule has 5 heteroatoms. The van der Waals surface area contributed by atoms with E-state index in [4.69, 9.17) is 5.26 Å². The summed E-state index contributed by atoms with van der Waals surface area (Å²) in [6.07, 6.45) is 4.77. The quantitative estimate of drug-likeness (QED) is 0.917. The second-order valence-corrected chi connectivity index (χ2v) is 5.15. The van der Waals surface area contributed by atoms with Gasteiger partial charge in [0.05, 0.1) is 29.8 Å². The molecule has 1 heterocycles. The average molecular weight is 319 g/mol. The highest BCUT2D eigenvalue weighted by Gasteiger charge is 2.05. The molecule has 0 saturated heterocycles. The molecule has 2 rings (SSSR count). The fourth-order valence-corrected chi connectivity index (χ4v) is 2.25. The zero-order chi connectivity index (χ0) is 13.7. The van der Waals surface area contributed by atoms with E-state index in [0.29, 0.717) is 12.1 Å². The minimum atomic E-state index is 0.635. The standard InChI is InChI=1S/C14H15BrN4/c1-2-5-19-10-17-8-13(19)9-18-14-4-3-12(15)6-11(14)7-16/h3-4,6,8,10,18H,2,5,9H2,1H3. The van der Waals surface area contributed by atoms with Crippen molar-refractivity contribution >= 4 is 21.6 Å². The van der Waals surface area contributed by atoms with Crippen molar-refractivity contribution in [1.29, 1.82) is 5.26 Å². The van der Waals surface area contributed by atoms with Crippen LogP contribution in [0, 0.1) is 11.3 Å². The van der Waals surface area contributed by atoms with Gasteiger partial charge < -0.3 is 9.88 Å². The van der Waals surface area contributed by atoms with Crippen molar-refractivity contribution in [2.24, 2.45) is 0 Å². The van der Waals surface area contributed by atoms with Gasteiger partial charge in [-0.2, -0.15) is 5.26 Å². The third-order valence-electron chi connectivity index (χ3n) is 2.83. The smallest absolute Gasteiger partial charge is 0.101 e. The molecule has 0 bridgehead atoms. The Morgan fingerprint density at radius 2 is 2.32 bits per heavy atom. The first kappa shape index (κ1) is 13.6. The van der Waals surface area contributed by atoms with E-state index in [1.54, 1.807) is 0 Å². The lowest BCUT2D eigenvalue weighted by Gasteiger charge is -2.10. The lowest BCUT2D eigenvalue weighted by molar-refractivity contribution is 0.651. The number of rotatable bonds is 5. The van der Waals surface area contributed by atoms with Crippen molar-refractivity contribution in [3.8, 4) is 6.07 Å². The van der Waals surface area contributed by atoms with Crippen molar-refractivity contribution in [2.45, 2.75) is 26.4 Å². The SMILES string of the molecule is CCCn1cncc1CNc1ccc(Br)cc1C#N. The molecule has 4 nitrogen and oxygen atoms in total. The van der Waals surface area contributed by atoms with Gasteiger partial charge in [0, 0.05) is 17.2 Å². The molecule has 0 aliphatic carbocycles. The summed E-state index contributed by atoms with van der Waals surface area (Å²) in [5, 5.41) is 12.4. The van der Waals surface area contributed by atoms with E-state index < -0.39 is 0 Å². The van der Waals surface area contributed by atoms with Crippen LogP contribution in [-0.4, -0.2) is 9.55 Å². The number of aromatic nitrogens is 2. The van der Waals surface area contributed by atoms with Crippen LogP contribution in [0.15, 0.2) is 35.2 Å². The van der Waals surface area contributed by atoms with Crippen LogP contribution in [0.25, 0.3) is 0 Å². The molecule has 98 valence electrons. The van der Waals surface area contributed by atoms with Gasteiger partial charge in [0.15, 0.2) is 0 Å². The summed E-state index contributed by atoms with van der Waals surface area (Å²) in [4.78, 5) is 4.16. The van der Waals surface area contributed by atoms with Crippen molar-refractivity contribution in [3.05, 3.63) is 46.5 Å². The average Bonchev–Trinajstić information content (AvgIpc) is 2.85. The normalized spacial score (nSPS) is 10.2. The molecule has 0 fully saturated rings. The van der Waals surface area contributed by atoms with Crippen LogP contribution >= 0.6 is 15.9 Å². The molecular formula is C14H15BrN4. The Balaban J connectivity index is 2.10. The van der Waals surface area contributed by atoms with E-state index in [1.807, 2.05) is 30.7 Å². The molecule has 1 N–H and O–H groups in total. The maximum absolute atomic E-state index is 9.11. The fraction of sp³-hybridized carbons (Fsp3) is 0.286. The van der Waals surface area contributed by atoms with Gasteiger partial charge in [0.25, 0.3) is 0 Å². The number of nitrogens with zero attached hydrogens (tertiary/aromatic N) is 3. The highest BCUT2D eigenvalue weighted by atomic mass is 79.9. The lowest BCUT2D eigenvalue weighted by Crippen LogP contribution is -2.07. The summed E-state index contributed by atoms with van der Waals surface area (Å²) >= 11 is 3.37. The zero-order valence-corrected chi connectivity index (χ0v) is 12.3. The monoisotopic (exact) mass is 318 g/mol. The zero-order valence-electron chi connectivity index (χ0n) is 10.7. The summed E-state index contributed by atoms with van der Waals surface area (Å²) in [6, 6.07) is 7.83. The first-order chi connectivity index (χ1) is 9.24. The van der Waals surface area contributed by atoms with Gasteiger partial charge in [0.1, 0.15) is 6.07 Å². The van der Waals surface area contributed by atoms with Crippen LogP contribution in [-0.2, 0) is 13.1 Å². The molecule has 0 unspecified atom stereocenters. The highest BCUT2D eigenvalue weighted by molar-refractivity contribution is 9.10. The summed E-state index contributed by atoms with van der Waals surface area (Å²) in [5.74, 6) is 0. The molecule has 0 atom stereocenters. The van der Waals surface area contributed by atoms with Crippen LogP contribution in [0.1, 0.15) is 24.6 Å². The summed E-state index contributed by atoms with van der Waals surface area (Å²) in [6.45, 7) is 3.76. The Hall–Kier alpha value is -1.80. The van der Waals surface area contributed by atoms with E-state index in [1.165, 1.54) is 0 Å². The van der Waals surface area contributed by atoms with Gasteiger partial charge in [-0.15, -0.1) is 0 Å². The molecular weight excluding hydrogens is 304 g/mol. The Morgan fingerprint density at radius 1 is 1.47 bits per heavy atom. The van der Waals surface area contributed by atoms with Gasteiger partial charge >= 0.3 is 0 Å². The van der Waals surface area contributed by atoms with Gasteiger partial charge in [-0.05, 0) is 24.6 Å². The number of halogens is 1. The second-order valence-electron chi connectivity index (χ2n) is 4.23. The van der Waals surface area contributed by atoms with E-state index in [-0.39, 0.29) is 0 Å². The molecule has 0 amide bonds. The van der Waals surface area contributed by atoms with Gasteiger partial charge in [-0.1, -0.05) is 22.9 Å². The van der Waals surface area contributed by atoms with Gasteiger partial charge in [0.2, 0.25) is 0 Å². The van der Waals surface area contributed by atoms with Crippen molar-refractivity contribution < 1.29 is 0 Å². The number of anilines is 1. The number of nitriles is 1. The Labute approximate surface area is 121 Å². The van der Waals surface area contributed by atoms with E-state index in [9.17, 15) is 0 Å². The third-order valence-corrected chi connectivity index (χ3v) is 3.32.